The third-order valence-electron chi connectivity index (χ3n) is 1.53. The topological polar surface area (TPSA) is 49.3 Å². The lowest BCUT2D eigenvalue weighted by Crippen LogP contribution is -2.35. The Morgan fingerprint density at radius 1 is 1.64 bits per heavy atom. The highest BCUT2D eigenvalue weighted by molar-refractivity contribution is 5.73. The van der Waals surface area contributed by atoms with Crippen molar-refractivity contribution in [3.63, 3.8) is 0 Å². The van der Waals surface area contributed by atoms with Gasteiger partial charge in [0.2, 0.25) is 5.91 Å². The van der Waals surface area contributed by atoms with Crippen LogP contribution in [-0.2, 0) is 4.79 Å². The number of rotatable bonds is 5. The minimum atomic E-state index is -0.0693. The molecule has 1 amide bonds. The van der Waals surface area contributed by atoms with Crippen LogP contribution in [-0.4, -0.2) is 23.7 Å². The van der Waals surface area contributed by atoms with Gasteiger partial charge in [-0.25, -0.2) is 0 Å². The highest BCUT2D eigenvalue weighted by Crippen LogP contribution is 1.99. The molecule has 0 aromatic heterocycles. The summed E-state index contributed by atoms with van der Waals surface area (Å²) < 4.78 is 0. The maximum Gasteiger partial charge on any atom is 0.217 e. The molecule has 0 aromatic rings. The van der Waals surface area contributed by atoms with E-state index < -0.39 is 0 Å². The molecule has 2 N–H and O–H groups in total. The highest BCUT2D eigenvalue weighted by atomic mass is 16.3. The van der Waals surface area contributed by atoms with Crippen LogP contribution in [0.1, 0.15) is 33.1 Å². The van der Waals surface area contributed by atoms with Crippen LogP contribution in [0.3, 0.4) is 0 Å². The molecule has 0 radical (unpaired) electrons. The largest absolute Gasteiger partial charge is 0.394 e. The van der Waals surface area contributed by atoms with Crippen molar-refractivity contribution < 1.29 is 9.90 Å². The zero-order valence-electron chi connectivity index (χ0n) is 7.26. The quantitative estimate of drug-likeness (QED) is 0.619. The number of hydrogen-bond acceptors (Lipinski definition) is 2. The molecule has 0 saturated heterocycles. The van der Waals surface area contributed by atoms with E-state index in [0.29, 0.717) is 0 Å². The van der Waals surface area contributed by atoms with E-state index in [4.69, 9.17) is 5.11 Å². The second-order valence-corrected chi connectivity index (χ2v) is 2.72. The second-order valence-electron chi connectivity index (χ2n) is 2.72. The van der Waals surface area contributed by atoms with E-state index >= 15 is 0 Å². The third-order valence-corrected chi connectivity index (χ3v) is 1.53. The molecular formula is C8H17NO2. The van der Waals surface area contributed by atoms with Crippen LogP contribution in [0, 0.1) is 0 Å². The summed E-state index contributed by atoms with van der Waals surface area (Å²) in [4.78, 5) is 10.6. The molecule has 11 heavy (non-hydrogen) atoms. The molecule has 0 bridgehead atoms. The first-order valence-electron chi connectivity index (χ1n) is 4.08. The van der Waals surface area contributed by atoms with E-state index in [-0.39, 0.29) is 18.6 Å². The molecule has 1 unspecified atom stereocenters. The van der Waals surface area contributed by atoms with Crippen molar-refractivity contribution in [2.75, 3.05) is 6.61 Å². The van der Waals surface area contributed by atoms with Gasteiger partial charge in [0.05, 0.1) is 12.6 Å². The molecule has 3 heteroatoms. The van der Waals surface area contributed by atoms with Crippen LogP contribution < -0.4 is 5.32 Å². The standard InChI is InChI=1S/C8H17NO2/c1-3-4-5-8(6-10)9-7(2)11/h8,10H,3-6H2,1-2H3,(H,9,11). The van der Waals surface area contributed by atoms with Crippen molar-refractivity contribution in [3.05, 3.63) is 0 Å². The van der Waals surface area contributed by atoms with E-state index in [2.05, 4.69) is 12.2 Å². The minimum Gasteiger partial charge on any atom is -0.394 e. The first kappa shape index (κ1) is 10.4. The van der Waals surface area contributed by atoms with Crippen LogP contribution in [0.15, 0.2) is 0 Å². The third kappa shape index (κ3) is 5.85. The number of carbonyl (C=O) groups is 1. The van der Waals surface area contributed by atoms with Gasteiger partial charge in [-0.1, -0.05) is 19.8 Å². The molecule has 1 atom stereocenters. The van der Waals surface area contributed by atoms with Crippen molar-refractivity contribution in [1.29, 1.82) is 0 Å². The fraction of sp³-hybridized carbons (Fsp3) is 0.875. The molecule has 0 fully saturated rings. The van der Waals surface area contributed by atoms with Crippen LogP contribution in [0.2, 0.25) is 0 Å². The lowest BCUT2D eigenvalue weighted by atomic mass is 10.1. The molecule has 0 rings (SSSR count). The summed E-state index contributed by atoms with van der Waals surface area (Å²) in [7, 11) is 0. The SMILES string of the molecule is CCCCC(CO)NC(C)=O. The maximum absolute atomic E-state index is 10.6. The van der Waals surface area contributed by atoms with Crippen LogP contribution in [0.4, 0.5) is 0 Å². The van der Waals surface area contributed by atoms with Gasteiger partial charge in [-0.2, -0.15) is 0 Å². The molecule has 0 aliphatic rings. The van der Waals surface area contributed by atoms with Gasteiger partial charge in [0.15, 0.2) is 0 Å². The molecule has 0 saturated carbocycles. The molecule has 0 aliphatic carbocycles. The Hall–Kier alpha value is -0.570. The Kier molecular flexibility index (Phi) is 5.84. The van der Waals surface area contributed by atoms with Crippen molar-refractivity contribution in [2.45, 2.75) is 39.2 Å². The Morgan fingerprint density at radius 3 is 2.64 bits per heavy atom. The first-order valence-corrected chi connectivity index (χ1v) is 4.08. The van der Waals surface area contributed by atoms with Gasteiger partial charge in [0.1, 0.15) is 0 Å². The lowest BCUT2D eigenvalue weighted by molar-refractivity contribution is -0.120. The van der Waals surface area contributed by atoms with Crippen molar-refractivity contribution in [2.24, 2.45) is 0 Å². The molecule has 66 valence electrons. The summed E-state index contributed by atoms with van der Waals surface area (Å²) in [6, 6.07) is -0.0487. The van der Waals surface area contributed by atoms with Crippen molar-refractivity contribution in [1.82, 2.24) is 5.32 Å². The van der Waals surface area contributed by atoms with Crippen LogP contribution in [0.25, 0.3) is 0 Å². The summed E-state index contributed by atoms with van der Waals surface area (Å²) >= 11 is 0. The number of amides is 1. The van der Waals surface area contributed by atoms with E-state index in [1.54, 1.807) is 0 Å². The Morgan fingerprint density at radius 2 is 2.27 bits per heavy atom. The molecule has 0 heterocycles. The van der Waals surface area contributed by atoms with E-state index in [0.717, 1.165) is 19.3 Å². The number of nitrogens with one attached hydrogen (secondary N) is 1. The molecule has 0 aliphatic heterocycles. The Labute approximate surface area is 67.8 Å². The first-order chi connectivity index (χ1) is 5.20. The fourth-order valence-electron chi connectivity index (χ4n) is 0.947. The van der Waals surface area contributed by atoms with Gasteiger partial charge in [-0.05, 0) is 6.42 Å². The van der Waals surface area contributed by atoms with Crippen molar-refractivity contribution in [3.8, 4) is 0 Å². The smallest absolute Gasteiger partial charge is 0.217 e. The number of aliphatic hydroxyl groups excluding tert-OH is 1. The van der Waals surface area contributed by atoms with E-state index in [9.17, 15) is 4.79 Å². The van der Waals surface area contributed by atoms with E-state index in [1.165, 1.54) is 6.92 Å². The van der Waals surface area contributed by atoms with Crippen LogP contribution in [0.5, 0.6) is 0 Å². The van der Waals surface area contributed by atoms with Gasteiger partial charge < -0.3 is 10.4 Å². The monoisotopic (exact) mass is 159 g/mol. The Balaban J connectivity index is 3.49. The maximum atomic E-state index is 10.6. The number of aliphatic hydroxyl groups is 1. The van der Waals surface area contributed by atoms with Gasteiger partial charge in [-0.15, -0.1) is 0 Å². The van der Waals surface area contributed by atoms with Crippen molar-refractivity contribution >= 4 is 5.91 Å². The van der Waals surface area contributed by atoms with Gasteiger partial charge in [0.25, 0.3) is 0 Å². The average molecular weight is 159 g/mol. The summed E-state index contributed by atoms with van der Waals surface area (Å²) in [6.45, 7) is 3.59. The lowest BCUT2D eigenvalue weighted by Gasteiger charge is -2.13. The molecule has 0 spiro atoms. The highest BCUT2D eigenvalue weighted by Gasteiger charge is 2.06. The Bertz CT molecular complexity index is 115. The molecular weight excluding hydrogens is 142 g/mol. The van der Waals surface area contributed by atoms with Gasteiger partial charge in [-0.3, -0.25) is 4.79 Å². The zero-order valence-corrected chi connectivity index (χ0v) is 7.26. The predicted molar refractivity (Wildman–Crippen MR) is 44.2 cm³/mol. The number of unbranched alkanes of at least 4 members (excludes halogenated alkanes) is 1. The predicted octanol–water partition coefficient (Wildman–Crippen LogP) is 0.674. The summed E-state index contributed by atoms with van der Waals surface area (Å²) in [5.41, 5.74) is 0. The number of hydrogen-bond donors (Lipinski definition) is 2. The fourth-order valence-corrected chi connectivity index (χ4v) is 0.947. The second kappa shape index (κ2) is 6.16. The zero-order chi connectivity index (χ0) is 8.69. The van der Waals surface area contributed by atoms with Gasteiger partial charge in [0, 0.05) is 6.92 Å². The average Bonchev–Trinajstić information content (AvgIpc) is 1.97. The summed E-state index contributed by atoms with van der Waals surface area (Å²) in [6.07, 6.45) is 3.01. The van der Waals surface area contributed by atoms with Gasteiger partial charge >= 0.3 is 0 Å². The molecule has 3 nitrogen and oxygen atoms in total. The molecule has 0 aromatic carbocycles. The van der Waals surface area contributed by atoms with E-state index in [1.807, 2.05) is 0 Å². The summed E-state index contributed by atoms with van der Waals surface area (Å²) in [5.74, 6) is -0.0693. The summed E-state index contributed by atoms with van der Waals surface area (Å²) in [5, 5.41) is 11.5. The minimum absolute atomic E-state index is 0.0413. The normalized spacial score (nSPS) is 12.6. The van der Waals surface area contributed by atoms with Crippen LogP contribution >= 0.6 is 0 Å². The number of carbonyl (C=O) groups excluding carboxylic acids is 1.